The monoisotopic (exact) mass is 190 g/mol. The molecule has 1 aromatic rings. The summed E-state index contributed by atoms with van der Waals surface area (Å²) >= 11 is 0. The number of hydrogen-bond acceptors (Lipinski definition) is 1. The summed E-state index contributed by atoms with van der Waals surface area (Å²) in [6, 6.07) is 7.86. The fourth-order valence-electron chi connectivity index (χ4n) is 1.48. The summed E-state index contributed by atoms with van der Waals surface area (Å²) in [6.45, 7) is 4.49. The number of benzene rings is 1. The van der Waals surface area contributed by atoms with Crippen molar-refractivity contribution in [3.05, 3.63) is 35.4 Å². The zero-order valence-corrected chi connectivity index (χ0v) is 8.99. The lowest BCUT2D eigenvalue weighted by molar-refractivity contribution is 0.112. The highest BCUT2D eigenvalue weighted by Gasteiger charge is 1.96. The Morgan fingerprint density at radius 3 is 2.36 bits per heavy atom. The second-order valence-corrected chi connectivity index (χ2v) is 4.15. The van der Waals surface area contributed by atoms with Gasteiger partial charge < -0.3 is 0 Å². The molecule has 0 atom stereocenters. The van der Waals surface area contributed by atoms with E-state index in [1.165, 1.54) is 18.4 Å². The number of rotatable bonds is 5. The molecule has 1 rings (SSSR count). The standard InChI is InChI=1S/C13H18O/c1-11(2)4-3-5-12-6-8-13(10-14)9-7-12/h6-11H,3-5H2,1-2H3. The van der Waals surface area contributed by atoms with Gasteiger partial charge in [0.05, 0.1) is 0 Å². The largest absolute Gasteiger partial charge is 0.298 e. The van der Waals surface area contributed by atoms with E-state index in [1.54, 1.807) is 0 Å². The minimum Gasteiger partial charge on any atom is -0.298 e. The molecular weight excluding hydrogens is 172 g/mol. The Hall–Kier alpha value is -1.11. The molecule has 0 N–H and O–H groups in total. The molecule has 0 radical (unpaired) electrons. The minimum atomic E-state index is 0.762. The average molecular weight is 190 g/mol. The van der Waals surface area contributed by atoms with Crippen LogP contribution >= 0.6 is 0 Å². The van der Waals surface area contributed by atoms with Crippen LogP contribution in [0.2, 0.25) is 0 Å². The van der Waals surface area contributed by atoms with E-state index in [2.05, 4.69) is 13.8 Å². The van der Waals surface area contributed by atoms with Crippen LogP contribution in [0.15, 0.2) is 24.3 Å². The van der Waals surface area contributed by atoms with Crippen molar-refractivity contribution in [2.75, 3.05) is 0 Å². The molecule has 0 saturated carbocycles. The van der Waals surface area contributed by atoms with Gasteiger partial charge in [0.15, 0.2) is 0 Å². The first-order valence-electron chi connectivity index (χ1n) is 5.26. The van der Waals surface area contributed by atoms with Crippen LogP contribution < -0.4 is 0 Å². The van der Waals surface area contributed by atoms with Gasteiger partial charge in [-0.2, -0.15) is 0 Å². The average Bonchev–Trinajstić information content (AvgIpc) is 2.18. The Morgan fingerprint density at radius 1 is 1.21 bits per heavy atom. The highest BCUT2D eigenvalue weighted by molar-refractivity contribution is 5.74. The number of carbonyl (C=O) groups is 1. The molecule has 0 spiro atoms. The van der Waals surface area contributed by atoms with Crippen molar-refractivity contribution >= 4 is 6.29 Å². The molecule has 0 bridgehead atoms. The van der Waals surface area contributed by atoms with Crippen LogP contribution in [0.1, 0.15) is 42.6 Å². The molecule has 76 valence electrons. The van der Waals surface area contributed by atoms with Gasteiger partial charge in [0, 0.05) is 5.56 Å². The van der Waals surface area contributed by atoms with Gasteiger partial charge in [-0.15, -0.1) is 0 Å². The van der Waals surface area contributed by atoms with Crippen LogP contribution in [0.5, 0.6) is 0 Å². The predicted molar refractivity (Wildman–Crippen MR) is 59.6 cm³/mol. The van der Waals surface area contributed by atoms with Crippen molar-refractivity contribution in [1.82, 2.24) is 0 Å². The predicted octanol–water partition coefficient (Wildman–Crippen LogP) is 3.48. The summed E-state index contributed by atoms with van der Waals surface area (Å²) < 4.78 is 0. The van der Waals surface area contributed by atoms with Crippen LogP contribution in [0, 0.1) is 5.92 Å². The van der Waals surface area contributed by atoms with Crippen molar-refractivity contribution < 1.29 is 4.79 Å². The third-order valence-electron chi connectivity index (χ3n) is 2.36. The number of hydrogen-bond donors (Lipinski definition) is 0. The first kappa shape index (κ1) is 11.0. The Labute approximate surface area is 86.1 Å². The molecule has 0 saturated heterocycles. The topological polar surface area (TPSA) is 17.1 Å². The molecule has 0 aliphatic rings. The van der Waals surface area contributed by atoms with Gasteiger partial charge in [-0.05, 0) is 24.3 Å². The minimum absolute atomic E-state index is 0.762. The molecule has 14 heavy (non-hydrogen) atoms. The zero-order chi connectivity index (χ0) is 10.4. The van der Waals surface area contributed by atoms with Crippen molar-refractivity contribution in [2.45, 2.75) is 33.1 Å². The van der Waals surface area contributed by atoms with Gasteiger partial charge in [0.25, 0.3) is 0 Å². The fourth-order valence-corrected chi connectivity index (χ4v) is 1.48. The van der Waals surface area contributed by atoms with Crippen LogP contribution in [-0.2, 0) is 6.42 Å². The molecule has 0 heterocycles. The lowest BCUT2D eigenvalue weighted by Gasteiger charge is -2.04. The van der Waals surface area contributed by atoms with Crippen LogP contribution in [0.4, 0.5) is 0 Å². The van der Waals surface area contributed by atoms with E-state index < -0.39 is 0 Å². The fraction of sp³-hybridized carbons (Fsp3) is 0.462. The maximum absolute atomic E-state index is 10.4. The van der Waals surface area contributed by atoms with Gasteiger partial charge in [0.2, 0.25) is 0 Å². The van der Waals surface area contributed by atoms with Gasteiger partial charge in [-0.3, -0.25) is 4.79 Å². The smallest absolute Gasteiger partial charge is 0.150 e. The first-order valence-corrected chi connectivity index (χ1v) is 5.26. The summed E-state index contributed by atoms with van der Waals surface area (Å²) in [5.41, 5.74) is 2.09. The highest BCUT2D eigenvalue weighted by atomic mass is 16.1. The second-order valence-electron chi connectivity index (χ2n) is 4.15. The third-order valence-corrected chi connectivity index (χ3v) is 2.36. The molecule has 0 aliphatic carbocycles. The molecule has 0 unspecified atom stereocenters. The van der Waals surface area contributed by atoms with Crippen molar-refractivity contribution in [2.24, 2.45) is 5.92 Å². The highest BCUT2D eigenvalue weighted by Crippen LogP contribution is 2.10. The Kier molecular flexibility index (Phi) is 4.37. The molecule has 1 heteroatoms. The second kappa shape index (κ2) is 5.58. The van der Waals surface area contributed by atoms with E-state index in [4.69, 9.17) is 0 Å². The van der Waals surface area contributed by atoms with Gasteiger partial charge >= 0.3 is 0 Å². The Morgan fingerprint density at radius 2 is 1.86 bits per heavy atom. The molecular formula is C13H18O. The molecule has 0 fully saturated rings. The molecule has 0 amide bonds. The Bertz CT molecular complexity index is 272. The summed E-state index contributed by atoms with van der Waals surface area (Å²) in [6.07, 6.45) is 4.52. The zero-order valence-electron chi connectivity index (χ0n) is 8.99. The van der Waals surface area contributed by atoms with Crippen molar-refractivity contribution in [3.8, 4) is 0 Å². The molecule has 0 aromatic heterocycles. The normalized spacial score (nSPS) is 10.5. The number of carbonyl (C=O) groups excluding carboxylic acids is 1. The van der Waals surface area contributed by atoms with Gasteiger partial charge in [-0.25, -0.2) is 0 Å². The van der Waals surface area contributed by atoms with E-state index in [9.17, 15) is 4.79 Å². The first-order chi connectivity index (χ1) is 6.72. The molecule has 1 nitrogen and oxygen atoms in total. The SMILES string of the molecule is CC(C)CCCc1ccc(C=O)cc1. The van der Waals surface area contributed by atoms with Crippen molar-refractivity contribution in [1.29, 1.82) is 0 Å². The van der Waals surface area contributed by atoms with Crippen LogP contribution in [0.3, 0.4) is 0 Å². The lowest BCUT2D eigenvalue weighted by Crippen LogP contribution is -1.91. The maximum atomic E-state index is 10.4. The van der Waals surface area contributed by atoms with Crippen LogP contribution in [-0.4, -0.2) is 6.29 Å². The van der Waals surface area contributed by atoms with Gasteiger partial charge in [0.1, 0.15) is 6.29 Å². The van der Waals surface area contributed by atoms with E-state index in [1.807, 2.05) is 24.3 Å². The van der Waals surface area contributed by atoms with E-state index in [-0.39, 0.29) is 0 Å². The maximum Gasteiger partial charge on any atom is 0.150 e. The number of aldehydes is 1. The molecule has 1 aromatic carbocycles. The quantitative estimate of drug-likeness (QED) is 0.650. The third kappa shape index (κ3) is 3.73. The van der Waals surface area contributed by atoms with Gasteiger partial charge in [-0.1, -0.05) is 44.5 Å². The van der Waals surface area contributed by atoms with E-state index in [0.717, 1.165) is 24.2 Å². The summed E-state index contributed by atoms with van der Waals surface area (Å²) in [4.78, 5) is 10.4. The summed E-state index contributed by atoms with van der Waals surface area (Å²) in [5, 5.41) is 0. The summed E-state index contributed by atoms with van der Waals surface area (Å²) in [7, 11) is 0. The number of aryl methyl sites for hydroxylation is 1. The lowest BCUT2D eigenvalue weighted by atomic mass is 10.0. The van der Waals surface area contributed by atoms with E-state index in [0.29, 0.717) is 0 Å². The van der Waals surface area contributed by atoms with Crippen LogP contribution in [0.25, 0.3) is 0 Å². The van der Waals surface area contributed by atoms with Crippen molar-refractivity contribution in [3.63, 3.8) is 0 Å². The van der Waals surface area contributed by atoms with E-state index >= 15 is 0 Å². The summed E-state index contributed by atoms with van der Waals surface area (Å²) in [5.74, 6) is 0.782. The molecule has 0 aliphatic heterocycles. The Balaban J connectivity index is 2.40.